The smallest absolute Gasteiger partial charge is 0.267 e. The molecule has 32 heavy (non-hydrogen) atoms. The van der Waals surface area contributed by atoms with Crippen LogP contribution in [-0.4, -0.2) is 60.3 Å². The average Bonchev–Trinajstić information content (AvgIpc) is 3.41. The minimum Gasteiger partial charge on any atom is -0.420 e. The Morgan fingerprint density at radius 3 is 2.56 bits per heavy atom. The van der Waals surface area contributed by atoms with E-state index in [1.54, 1.807) is 19.9 Å². The number of rotatable bonds is 5. The molecule has 0 radical (unpaired) electrons. The Hall–Kier alpha value is -3.14. The molecule has 0 atom stereocenters. The summed E-state index contributed by atoms with van der Waals surface area (Å²) >= 11 is 0. The fraction of sp³-hybridized carbons (Fsp3) is 0.450. The number of nitrogens with zero attached hydrogens (tertiary/aromatic N) is 6. The van der Waals surface area contributed by atoms with Crippen molar-refractivity contribution in [3.8, 4) is 17.7 Å². The number of hydrogen-bond acceptors (Lipinski definition) is 10. The zero-order valence-corrected chi connectivity index (χ0v) is 18.5. The summed E-state index contributed by atoms with van der Waals surface area (Å²) in [5.41, 5.74) is 0.655. The maximum atomic E-state index is 13.3. The summed E-state index contributed by atoms with van der Waals surface area (Å²) in [6.07, 6.45) is 0.992. The van der Waals surface area contributed by atoms with Crippen LogP contribution >= 0.6 is 0 Å². The molecule has 0 spiro atoms. The van der Waals surface area contributed by atoms with Gasteiger partial charge in [-0.15, -0.1) is 10.2 Å². The number of nitrogens with one attached hydrogen (secondary N) is 2. The van der Waals surface area contributed by atoms with Gasteiger partial charge in [-0.25, -0.2) is 18.4 Å². The molecule has 0 unspecified atom stereocenters. The molecule has 2 aromatic heterocycles. The summed E-state index contributed by atoms with van der Waals surface area (Å²) in [7, 11) is -3.96. The lowest BCUT2D eigenvalue weighted by molar-refractivity contribution is 0.531. The van der Waals surface area contributed by atoms with Crippen LogP contribution in [0.15, 0.2) is 21.4 Å². The first-order chi connectivity index (χ1) is 15.3. The molecule has 1 saturated carbocycles. The second kappa shape index (κ2) is 7.47. The number of fused-ring (bicyclic) bond motifs is 1. The normalized spacial score (nSPS) is 18.0. The van der Waals surface area contributed by atoms with Gasteiger partial charge in [0.2, 0.25) is 15.9 Å². The minimum absolute atomic E-state index is 0.0463. The van der Waals surface area contributed by atoms with Gasteiger partial charge in [0.25, 0.3) is 5.89 Å². The predicted molar refractivity (Wildman–Crippen MR) is 115 cm³/mol. The van der Waals surface area contributed by atoms with Gasteiger partial charge >= 0.3 is 0 Å². The molecule has 2 fully saturated rings. The van der Waals surface area contributed by atoms with E-state index < -0.39 is 15.6 Å². The van der Waals surface area contributed by atoms with E-state index in [1.807, 2.05) is 0 Å². The topological polar surface area (TPSA) is 150 Å². The monoisotopic (exact) mass is 454 g/mol. The summed E-state index contributed by atoms with van der Waals surface area (Å²) < 4.78 is 34.7. The number of sulfonamides is 1. The number of nitriles is 1. The highest BCUT2D eigenvalue weighted by Gasteiger charge is 2.47. The first-order valence-corrected chi connectivity index (χ1v) is 11.8. The van der Waals surface area contributed by atoms with E-state index in [0.29, 0.717) is 59.9 Å². The fourth-order valence-corrected chi connectivity index (χ4v) is 5.26. The Labute approximate surface area is 184 Å². The van der Waals surface area contributed by atoms with Crippen molar-refractivity contribution in [1.29, 1.82) is 5.26 Å². The summed E-state index contributed by atoms with van der Waals surface area (Å²) in [6, 6.07) is 5.22. The molecule has 2 aliphatic rings. The Kier molecular flexibility index (Phi) is 4.85. The van der Waals surface area contributed by atoms with E-state index in [2.05, 4.69) is 41.2 Å². The van der Waals surface area contributed by atoms with Gasteiger partial charge in [-0.05, 0) is 31.9 Å². The number of piperazine rings is 1. The highest BCUT2D eigenvalue weighted by atomic mass is 32.2. The van der Waals surface area contributed by atoms with Gasteiger partial charge in [0.1, 0.15) is 17.1 Å². The number of aromatic nitrogens is 4. The van der Waals surface area contributed by atoms with E-state index >= 15 is 0 Å². The minimum atomic E-state index is -3.96. The van der Waals surface area contributed by atoms with Gasteiger partial charge in [-0.1, -0.05) is 0 Å². The van der Waals surface area contributed by atoms with Crippen LogP contribution in [0.1, 0.15) is 24.6 Å². The van der Waals surface area contributed by atoms with Crippen molar-refractivity contribution >= 4 is 26.6 Å². The second-order valence-corrected chi connectivity index (χ2v) is 9.80. The van der Waals surface area contributed by atoms with Crippen molar-refractivity contribution in [3.63, 3.8) is 0 Å². The molecule has 1 aromatic carbocycles. The molecule has 3 heterocycles. The van der Waals surface area contributed by atoms with Crippen LogP contribution in [0.2, 0.25) is 0 Å². The third-order valence-electron chi connectivity index (χ3n) is 5.66. The molecule has 11 nitrogen and oxygen atoms in total. The van der Waals surface area contributed by atoms with Crippen molar-refractivity contribution in [3.05, 3.63) is 23.8 Å². The van der Waals surface area contributed by atoms with Gasteiger partial charge in [0.05, 0.1) is 22.2 Å². The van der Waals surface area contributed by atoms with Crippen LogP contribution < -0.4 is 14.9 Å². The number of aryl methyl sites for hydroxylation is 2. The van der Waals surface area contributed by atoms with Crippen LogP contribution in [0, 0.1) is 25.2 Å². The van der Waals surface area contributed by atoms with Crippen LogP contribution in [-0.2, 0) is 10.0 Å². The lowest BCUT2D eigenvalue weighted by Crippen LogP contribution is -2.43. The average molecular weight is 455 g/mol. The molecule has 0 amide bonds. The van der Waals surface area contributed by atoms with Crippen LogP contribution in [0.3, 0.4) is 0 Å². The fourth-order valence-electron chi connectivity index (χ4n) is 3.84. The van der Waals surface area contributed by atoms with Gasteiger partial charge in [-0.3, -0.25) is 0 Å². The Morgan fingerprint density at radius 1 is 1.19 bits per heavy atom. The van der Waals surface area contributed by atoms with Crippen molar-refractivity contribution in [2.75, 3.05) is 31.1 Å². The Morgan fingerprint density at radius 2 is 1.94 bits per heavy atom. The van der Waals surface area contributed by atoms with E-state index in [4.69, 9.17) is 4.42 Å². The van der Waals surface area contributed by atoms with E-state index in [-0.39, 0.29) is 10.8 Å². The molecular weight excluding hydrogens is 432 g/mol. The molecule has 1 aliphatic heterocycles. The van der Waals surface area contributed by atoms with Crippen molar-refractivity contribution in [1.82, 2.24) is 30.2 Å². The van der Waals surface area contributed by atoms with Gasteiger partial charge in [-0.2, -0.15) is 9.98 Å². The van der Waals surface area contributed by atoms with Gasteiger partial charge in [0, 0.05) is 38.5 Å². The standard InChI is InChI=1S/C20H22N8O3S/c1-12-23-17-15(18(24-12)19-26-25-13(2)31-19)9-14(10-16(17)28-7-5-22-6-8-28)32(29,30)27-20(11-21)3-4-20/h9-10,22,27H,3-8H2,1-2H3. The molecule has 2 N–H and O–H groups in total. The molecule has 1 saturated heterocycles. The summed E-state index contributed by atoms with van der Waals surface area (Å²) in [5.74, 6) is 1.08. The molecule has 5 rings (SSSR count). The van der Waals surface area contributed by atoms with Crippen molar-refractivity contribution < 1.29 is 12.8 Å². The number of benzene rings is 1. The number of hydrogen-bond donors (Lipinski definition) is 2. The Balaban J connectivity index is 1.75. The third kappa shape index (κ3) is 3.68. The highest BCUT2D eigenvalue weighted by molar-refractivity contribution is 7.89. The lowest BCUT2D eigenvalue weighted by Gasteiger charge is -2.30. The SMILES string of the molecule is Cc1nc(-c2nnc(C)o2)c2cc(S(=O)(=O)NC3(C#N)CC3)cc(N3CCNCC3)c2n1. The van der Waals surface area contributed by atoms with Crippen LogP contribution in [0.5, 0.6) is 0 Å². The lowest BCUT2D eigenvalue weighted by atomic mass is 10.1. The van der Waals surface area contributed by atoms with Gasteiger partial charge < -0.3 is 14.6 Å². The largest absolute Gasteiger partial charge is 0.420 e. The first-order valence-electron chi connectivity index (χ1n) is 10.3. The Bertz CT molecular complexity index is 1350. The molecular formula is C20H22N8O3S. The van der Waals surface area contributed by atoms with E-state index in [9.17, 15) is 13.7 Å². The van der Waals surface area contributed by atoms with Crippen molar-refractivity contribution in [2.24, 2.45) is 0 Å². The number of anilines is 1. The zero-order chi connectivity index (χ0) is 22.5. The van der Waals surface area contributed by atoms with Crippen LogP contribution in [0.25, 0.3) is 22.5 Å². The molecule has 12 heteroatoms. The summed E-state index contributed by atoms with van der Waals surface area (Å²) in [4.78, 5) is 11.3. The van der Waals surface area contributed by atoms with Gasteiger partial charge in [0.15, 0.2) is 0 Å². The zero-order valence-electron chi connectivity index (χ0n) is 17.7. The highest BCUT2D eigenvalue weighted by Crippen LogP contribution is 2.38. The van der Waals surface area contributed by atoms with E-state index in [1.165, 1.54) is 6.07 Å². The first kappa shape index (κ1) is 20.7. The maximum Gasteiger partial charge on any atom is 0.267 e. The maximum absolute atomic E-state index is 13.3. The van der Waals surface area contributed by atoms with E-state index in [0.717, 1.165) is 13.1 Å². The second-order valence-electron chi connectivity index (χ2n) is 8.12. The molecule has 166 valence electrons. The summed E-state index contributed by atoms with van der Waals surface area (Å²) in [5, 5.41) is 21.2. The molecule has 1 aliphatic carbocycles. The predicted octanol–water partition coefficient (Wildman–Crippen LogP) is 1.04. The van der Waals surface area contributed by atoms with Crippen molar-refractivity contribution in [2.45, 2.75) is 37.1 Å². The third-order valence-corrected chi connectivity index (χ3v) is 7.17. The molecule has 0 bridgehead atoms. The quantitative estimate of drug-likeness (QED) is 0.572. The summed E-state index contributed by atoms with van der Waals surface area (Å²) in [6.45, 7) is 6.39. The molecule has 3 aromatic rings. The van der Waals surface area contributed by atoms with Crippen LogP contribution in [0.4, 0.5) is 5.69 Å².